The predicted octanol–water partition coefficient (Wildman–Crippen LogP) is 4.55. The minimum Gasteiger partial charge on any atom is -0.344 e. The number of carbonyl (C=O) groups excluding carboxylic acids is 3. The third kappa shape index (κ3) is 7.44. The fourth-order valence-corrected chi connectivity index (χ4v) is 6.83. The van der Waals surface area contributed by atoms with E-state index in [4.69, 9.17) is 0 Å². The Labute approximate surface area is 237 Å². The average molecular weight is 565 g/mol. The molecule has 1 unspecified atom stereocenters. The van der Waals surface area contributed by atoms with Crippen LogP contribution in [0.5, 0.6) is 0 Å². The van der Waals surface area contributed by atoms with E-state index < -0.39 is 6.04 Å². The third-order valence-electron chi connectivity index (χ3n) is 7.04. The summed E-state index contributed by atoms with van der Waals surface area (Å²) >= 11 is 3.47. The van der Waals surface area contributed by atoms with Gasteiger partial charge in [-0.3, -0.25) is 14.4 Å². The minimum atomic E-state index is -0.668. The molecular formula is C30H36N4O3S2. The number of fused-ring (bicyclic) bond motifs is 2. The molecule has 39 heavy (non-hydrogen) atoms. The van der Waals surface area contributed by atoms with Crippen molar-refractivity contribution in [2.24, 2.45) is 5.92 Å². The molecule has 4 aromatic rings. The van der Waals surface area contributed by atoms with Gasteiger partial charge in [-0.2, -0.15) is 0 Å². The summed E-state index contributed by atoms with van der Waals surface area (Å²) in [6.07, 6.45) is 3.67. The van der Waals surface area contributed by atoms with Gasteiger partial charge in [-0.25, -0.2) is 0 Å². The maximum atomic E-state index is 13.0. The largest absolute Gasteiger partial charge is 0.344 e. The Bertz CT molecular complexity index is 1390. The summed E-state index contributed by atoms with van der Waals surface area (Å²) in [7, 11) is 1.62. The van der Waals surface area contributed by atoms with E-state index in [0.717, 1.165) is 48.0 Å². The van der Waals surface area contributed by atoms with Crippen LogP contribution in [0.1, 0.15) is 30.9 Å². The minimum absolute atomic E-state index is 0.0730. The van der Waals surface area contributed by atoms with Crippen molar-refractivity contribution >= 4 is 61.1 Å². The number of nitrogens with zero attached hydrogens (tertiary/aromatic N) is 1. The Kier molecular flexibility index (Phi) is 10.5. The SMILES string of the molecule is CCc1csc2ccccc12.CN(CNC=O)C(=O)C(Cc1csc2ccccc12)NC(=O)C1CCNCC1. The van der Waals surface area contributed by atoms with Gasteiger partial charge in [-0.05, 0) is 77.1 Å². The van der Waals surface area contributed by atoms with Crippen molar-refractivity contribution in [3.8, 4) is 0 Å². The number of thiophene rings is 2. The quantitative estimate of drug-likeness (QED) is 0.206. The van der Waals surface area contributed by atoms with E-state index in [2.05, 4.69) is 52.5 Å². The van der Waals surface area contributed by atoms with Crippen LogP contribution in [0.15, 0.2) is 59.3 Å². The topological polar surface area (TPSA) is 90.5 Å². The zero-order chi connectivity index (χ0) is 27.6. The van der Waals surface area contributed by atoms with E-state index in [1.54, 1.807) is 18.4 Å². The van der Waals surface area contributed by atoms with Gasteiger partial charge < -0.3 is 20.9 Å². The van der Waals surface area contributed by atoms with Gasteiger partial charge in [0.25, 0.3) is 0 Å². The molecule has 9 heteroatoms. The Morgan fingerprint density at radius 3 is 2.21 bits per heavy atom. The van der Waals surface area contributed by atoms with Crippen LogP contribution in [0.25, 0.3) is 20.2 Å². The maximum absolute atomic E-state index is 13.0. The summed E-state index contributed by atoms with van der Waals surface area (Å²) in [5, 5.41) is 15.6. The Balaban J connectivity index is 0.000000265. The number of hydrogen-bond acceptors (Lipinski definition) is 6. The molecule has 1 atom stereocenters. The number of hydrogen-bond donors (Lipinski definition) is 3. The summed E-state index contributed by atoms with van der Waals surface area (Å²) in [4.78, 5) is 37.7. The van der Waals surface area contributed by atoms with E-state index in [9.17, 15) is 14.4 Å². The van der Waals surface area contributed by atoms with Gasteiger partial charge in [-0.1, -0.05) is 43.3 Å². The molecule has 5 rings (SSSR count). The van der Waals surface area contributed by atoms with E-state index in [1.165, 1.54) is 20.5 Å². The maximum Gasteiger partial charge on any atom is 0.246 e. The number of amides is 3. The molecule has 1 fully saturated rings. The standard InChI is InChI=1S/C20H26N4O3S.C10H10S/c1-24(12-22-13-25)20(27)17(23-19(26)14-6-8-21-9-7-14)10-15-11-28-18-5-3-2-4-16(15)18;1-2-8-7-11-10-6-4-3-5-9(8)10/h2-5,11,13-14,17,21H,6-10,12H2,1H3,(H,22,25)(H,23,26);3-7H,2H2,1H3. The fourth-order valence-electron chi connectivity index (χ4n) is 4.81. The second kappa shape index (κ2) is 14.2. The Morgan fingerprint density at radius 1 is 1.00 bits per heavy atom. The number of rotatable bonds is 9. The van der Waals surface area contributed by atoms with Crippen LogP contribution in [-0.4, -0.2) is 56.0 Å². The Hall–Kier alpha value is -3.27. The van der Waals surface area contributed by atoms with Gasteiger partial charge in [0.05, 0.1) is 6.67 Å². The normalized spacial score (nSPS) is 14.3. The zero-order valence-corrected chi connectivity index (χ0v) is 24.1. The highest BCUT2D eigenvalue weighted by Gasteiger charge is 2.29. The molecule has 2 aromatic heterocycles. The first-order chi connectivity index (χ1) is 19.0. The Morgan fingerprint density at radius 2 is 1.59 bits per heavy atom. The lowest BCUT2D eigenvalue weighted by molar-refractivity contribution is -0.137. The molecule has 1 aliphatic rings. The third-order valence-corrected chi connectivity index (χ3v) is 9.06. The highest BCUT2D eigenvalue weighted by atomic mass is 32.1. The van der Waals surface area contributed by atoms with Crippen LogP contribution in [0.4, 0.5) is 0 Å². The smallest absolute Gasteiger partial charge is 0.246 e. The summed E-state index contributed by atoms with van der Waals surface area (Å²) in [5.74, 6) is -0.364. The van der Waals surface area contributed by atoms with Crippen molar-refractivity contribution in [3.63, 3.8) is 0 Å². The molecule has 0 saturated carbocycles. The van der Waals surface area contributed by atoms with E-state index in [0.29, 0.717) is 12.8 Å². The van der Waals surface area contributed by atoms with Gasteiger partial charge in [-0.15, -0.1) is 22.7 Å². The first-order valence-corrected chi connectivity index (χ1v) is 15.1. The van der Waals surface area contributed by atoms with Crippen molar-refractivity contribution in [1.29, 1.82) is 0 Å². The average Bonchev–Trinajstić information content (AvgIpc) is 3.60. The summed E-state index contributed by atoms with van der Waals surface area (Å²) in [6.45, 7) is 3.94. The van der Waals surface area contributed by atoms with Gasteiger partial charge in [0.2, 0.25) is 18.2 Å². The van der Waals surface area contributed by atoms with Crippen molar-refractivity contribution in [3.05, 3.63) is 70.4 Å². The van der Waals surface area contributed by atoms with Crippen LogP contribution in [0.2, 0.25) is 0 Å². The molecule has 206 valence electrons. The number of benzene rings is 2. The lowest BCUT2D eigenvalue weighted by Crippen LogP contribution is -2.52. The van der Waals surface area contributed by atoms with E-state index in [-0.39, 0.29) is 24.4 Å². The molecule has 3 amide bonds. The van der Waals surface area contributed by atoms with Gasteiger partial charge in [0.1, 0.15) is 6.04 Å². The molecule has 2 aromatic carbocycles. The molecule has 0 bridgehead atoms. The first-order valence-electron chi connectivity index (χ1n) is 13.3. The molecule has 0 spiro atoms. The second-order valence-corrected chi connectivity index (χ2v) is 11.5. The van der Waals surface area contributed by atoms with Crippen LogP contribution >= 0.6 is 22.7 Å². The first kappa shape index (κ1) is 28.7. The van der Waals surface area contributed by atoms with Gasteiger partial charge in [0, 0.05) is 28.8 Å². The fraction of sp³-hybridized carbons (Fsp3) is 0.367. The van der Waals surface area contributed by atoms with Crippen molar-refractivity contribution in [2.75, 3.05) is 26.8 Å². The van der Waals surface area contributed by atoms with Crippen LogP contribution in [0, 0.1) is 5.92 Å². The summed E-state index contributed by atoms with van der Waals surface area (Å²) < 4.78 is 2.56. The molecule has 3 heterocycles. The summed E-state index contributed by atoms with van der Waals surface area (Å²) in [5.41, 5.74) is 2.52. The van der Waals surface area contributed by atoms with Gasteiger partial charge in [0.15, 0.2) is 0 Å². The highest BCUT2D eigenvalue weighted by molar-refractivity contribution is 7.17. The van der Waals surface area contributed by atoms with Gasteiger partial charge >= 0.3 is 0 Å². The predicted molar refractivity (Wildman–Crippen MR) is 161 cm³/mol. The van der Waals surface area contributed by atoms with Crippen molar-refractivity contribution < 1.29 is 14.4 Å². The lowest BCUT2D eigenvalue weighted by atomic mass is 9.96. The molecule has 1 aliphatic heterocycles. The molecule has 7 nitrogen and oxygen atoms in total. The lowest BCUT2D eigenvalue weighted by Gasteiger charge is -2.27. The van der Waals surface area contributed by atoms with Crippen LogP contribution < -0.4 is 16.0 Å². The van der Waals surface area contributed by atoms with E-state index in [1.807, 2.05) is 41.0 Å². The molecule has 3 N–H and O–H groups in total. The van der Waals surface area contributed by atoms with Crippen LogP contribution in [0.3, 0.4) is 0 Å². The highest BCUT2D eigenvalue weighted by Crippen LogP contribution is 2.27. The molecule has 1 saturated heterocycles. The number of aryl methyl sites for hydroxylation is 1. The van der Waals surface area contributed by atoms with Crippen molar-refractivity contribution in [2.45, 2.75) is 38.6 Å². The number of carbonyl (C=O) groups is 3. The van der Waals surface area contributed by atoms with Crippen LogP contribution in [-0.2, 0) is 27.2 Å². The monoisotopic (exact) mass is 564 g/mol. The number of nitrogens with one attached hydrogen (secondary N) is 3. The zero-order valence-electron chi connectivity index (χ0n) is 22.4. The van der Waals surface area contributed by atoms with Crippen molar-refractivity contribution in [1.82, 2.24) is 20.9 Å². The van der Waals surface area contributed by atoms with E-state index >= 15 is 0 Å². The number of likely N-dealkylation sites (N-methyl/N-ethyl adjacent to an activating group) is 1. The molecular weight excluding hydrogens is 528 g/mol. The number of piperidine rings is 1. The summed E-state index contributed by atoms with van der Waals surface area (Å²) in [6, 6.07) is 16.0. The molecule has 0 aliphatic carbocycles. The molecule has 0 radical (unpaired) electrons. The second-order valence-electron chi connectivity index (χ2n) is 9.67.